The second-order valence-electron chi connectivity index (χ2n) is 6.45. The number of amides is 2. The summed E-state index contributed by atoms with van der Waals surface area (Å²) in [4.78, 5) is 37.2. The molecule has 3 rings (SSSR count). The largest absolute Gasteiger partial charge is 0.352 e. The first-order chi connectivity index (χ1) is 13.1. The number of fused-ring (bicyclic) bond motifs is 1. The molecular formula is C21H22N2O3S. The number of carbonyl (C=O) groups is 3. The molecule has 0 aromatic heterocycles. The number of nitrogens with zero attached hydrogens (tertiary/aromatic N) is 1. The predicted octanol–water partition coefficient (Wildman–Crippen LogP) is 3.07. The van der Waals surface area contributed by atoms with Gasteiger partial charge in [-0.2, -0.15) is 11.8 Å². The SMILES string of the molecule is CSCc1ccc(C(=O)NCCC(=O)c2ccc3c(c2)CCN3C=O)cc1. The number of ketones is 1. The molecule has 0 bridgehead atoms. The molecule has 1 aliphatic rings. The van der Waals surface area contributed by atoms with Crippen LogP contribution >= 0.6 is 11.8 Å². The minimum Gasteiger partial charge on any atom is -0.352 e. The van der Waals surface area contributed by atoms with Crippen molar-refractivity contribution < 1.29 is 14.4 Å². The average molecular weight is 382 g/mol. The van der Waals surface area contributed by atoms with E-state index in [2.05, 4.69) is 5.32 Å². The lowest BCUT2D eigenvalue weighted by atomic mass is 10.0. The maximum Gasteiger partial charge on any atom is 0.251 e. The molecule has 0 spiro atoms. The zero-order valence-corrected chi connectivity index (χ0v) is 16.1. The van der Waals surface area contributed by atoms with Crippen molar-refractivity contribution in [1.82, 2.24) is 5.32 Å². The number of hydrogen-bond acceptors (Lipinski definition) is 4. The maximum absolute atomic E-state index is 12.4. The van der Waals surface area contributed by atoms with E-state index in [0.717, 1.165) is 29.8 Å². The van der Waals surface area contributed by atoms with Gasteiger partial charge in [0.05, 0.1) is 0 Å². The summed E-state index contributed by atoms with van der Waals surface area (Å²) in [5, 5.41) is 2.80. The molecule has 1 heterocycles. The third-order valence-corrected chi connectivity index (χ3v) is 5.25. The van der Waals surface area contributed by atoms with Crippen LogP contribution in [0.3, 0.4) is 0 Å². The molecule has 2 amide bonds. The molecule has 0 atom stereocenters. The van der Waals surface area contributed by atoms with E-state index in [0.29, 0.717) is 24.2 Å². The van der Waals surface area contributed by atoms with E-state index in [4.69, 9.17) is 0 Å². The van der Waals surface area contributed by atoms with Gasteiger partial charge in [-0.25, -0.2) is 0 Å². The van der Waals surface area contributed by atoms with Gasteiger partial charge in [-0.1, -0.05) is 12.1 Å². The van der Waals surface area contributed by atoms with Crippen LogP contribution < -0.4 is 10.2 Å². The monoisotopic (exact) mass is 382 g/mol. The Morgan fingerprint density at radius 1 is 1.15 bits per heavy atom. The van der Waals surface area contributed by atoms with Crippen LogP contribution in [-0.4, -0.2) is 37.4 Å². The Morgan fingerprint density at radius 2 is 1.89 bits per heavy atom. The minimum atomic E-state index is -0.172. The van der Waals surface area contributed by atoms with Crippen LogP contribution in [0.1, 0.15) is 38.3 Å². The summed E-state index contributed by atoms with van der Waals surface area (Å²) in [6.45, 7) is 0.948. The molecule has 0 unspecified atom stereocenters. The van der Waals surface area contributed by atoms with E-state index < -0.39 is 0 Å². The first kappa shape index (κ1) is 19.2. The number of Topliss-reactive ketones (excluding diaryl/α,β-unsaturated/α-hetero) is 1. The van der Waals surface area contributed by atoms with Crippen molar-refractivity contribution >= 4 is 35.5 Å². The van der Waals surface area contributed by atoms with Crippen molar-refractivity contribution in [3.8, 4) is 0 Å². The number of benzene rings is 2. The lowest BCUT2D eigenvalue weighted by Gasteiger charge is -2.10. The summed E-state index contributed by atoms with van der Waals surface area (Å²) in [7, 11) is 0. The van der Waals surface area contributed by atoms with Crippen LogP contribution in [0.4, 0.5) is 5.69 Å². The maximum atomic E-state index is 12.4. The lowest BCUT2D eigenvalue weighted by Crippen LogP contribution is -2.26. The second-order valence-corrected chi connectivity index (χ2v) is 7.32. The number of nitrogens with one attached hydrogen (secondary N) is 1. The zero-order chi connectivity index (χ0) is 19.2. The molecule has 0 saturated heterocycles. The van der Waals surface area contributed by atoms with Crippen molar-refractivity contribution in [2.75, 3.05) is 24.2 Å². The Hall–Kier alpha value is -2.60. The molecular weight excluding hydrogens is 360 g/mol. The summed E-state index contributed by atoms with van der Waals surface area (Å²) >= 11 is 1.73. The van der Waals surface area contributed by atoms with Crippen LogP contribution in [0.15, 0.2) is 42.5 Å². The van der Waals surface area contributed by atoms with E-state index in [1.165, 1.54) is 5.56 Å². The first-order valence-electron chi connectivity index (χ1n) is 8.86. The molecule has 140 valence electrons. The van der Waals surface area contributed by atoms with Gasteiger partial charge >= 0.3 is 0 Å². The van der Waals surface area contributed by atoms with Gasteiger partial charge in [0.1, 0.15) is 0 Å². The average Bonchev–Trinajstić information content (AvgIpc) is 3.11. The normalized spacial score (nSPS) is 12.6. The van der Waals surface area contributed by atoms with Gasteiger partial charge in [0.2, 0.25) is 6.41 Å². The highest BCUT2D eigenvalue weighted by atomic mass is 32.2. The number of anilines is 1. The molecule has 5 nitrogen and oxygen atoms in total. The number of rotatable bonds is 8. The summed E-state index contributed by atoms with van der Waals surface area (Å²) in [6, 6.07) is 12.9. The summed E-state index contributed by atoms with van der Waals surface area (Å²) in [5.41, 5.74) is 4.29. The van der Waals surface area contributed by atoms with Crippen molar-refractivity contribution in [3.63, 3.8) is 0 Å². The highest BCUT2D eigenvalue weighted by Gasteiger charge is 2.19. The van der Waals surface area contributed by atoms with Crippen LogP contribution in [0.25, 0.3) is 0 Å². The van der Waals surface area contributed by atoms with E-state index in [1.54, 1.807) is 22.7 Å². The topological polar surface area (TPSA) is 66.5 Å². The Bertz CT molecular complexity index is 849. The predicted molar refractivity (Wildman–Crippen MR) is 108 cm³/mol. The standard InChI is InChI=1S/C21H22N2O3S/c1-27-13-15-2-4-16(5-3-15)21(26)22-10-8-20(25)18-6-7-19-17(12-18)9-11-23(19)14-24/h2-7,12,14H,8-11,13H2,1H3,(H,22,26). The molecule has 27 heavy (non-hydrogen) atoms. The van der Waals surface area contributed by atoms with Crippen LogP contribution in [0.5, 0.6) is 0 Å². The fourth-order valence-electron chi connectivity index (χ4n) is 3.17. The Kier molecular flexibility index (Phi) is 6.29. The van der Waals surface area contributed by atoms with E-state index in [1.807, 2.05) is 42.7 Å². The first-order valence-corrected chi connectivity index (χ1v) is 10.3. The third kappa shape index (κ3) is 4.57. The second kappa shape index (κ2) is 8.86. The van der Waals surface area contributed by atoms with Gasteiger partial charge in [-0.3, -0.25) is 14.4 Å². The van der Waals surface area contributed by atoms with Gasteiger partial charge in [0.25, 0.3) is 5.91 Å². The summed E-state index contributed by atoms with van der Waals surface area (Å²) in [6.07, 6.45) is 3.86. The van der Waals surface area contributed by atoms with E-state index in [9.17, 15) is 14.4 Å². The van der Waals surface area contributed by atoms with Crippen LogP contribution in [0, 0.1) is 0 Å². The van der Waals surface area contributed by atoms with Crippen molar-refractivity contribution in [2.45, 2.75) is 18.6 Å². The highest BCUT2D eigenvalue weighted by Crippen LogP contribution is 2.27. The molecule has 0 saturated carbocycles. The fourth-order valence-corrected chi connectivity index (χ4v) is 3.69. The van der Waals surface area contributed by atoms with Gasteiger partial charge in [0.15, 0.2) is 5.78 Å². The Labute approximate surface area is 163 Å². The summed E-state index contributed by atoms with van der Waals surface area (Å²) < 4.78 is 0. The minimum absolute atomic E-state index is 0.0158. The van der Waals surface area contributed by atoms with Crippen molar-refractivity contribution in [1.29, 1.82) is 0 Å². The molecule has 0 radical (unpaired) electrons. The van der Waals surface area contributed by atoms with Gasteiger partial charge < -0.3 is 10.2 Å². The smallest absolute Gasteiger partial charge is 0.251 e. The zero-order valence-electron chi connectivity index (χ0n) is 15.2. The van der Waals surface area contributed by atoms with Gasteiger partial charge in [0, 0.05) is 42.1 Å². The van der Waals surface area contributed by atoms with Crippen molar-refractivity contribution in [2.24, 2.45) is 0 Å². The quantitative estimate of drug-likeness (QED) is 0.563. The Morgan fingerprint density at radius 3 is 2.59 bits per heavy atom. The molecule has 1 aliphatic heterocycles. The molecule has 6 heteroatoms. The molecule has 0 aliphatic carbocycles. The van der Waals surface area contributed by atoms with Crippen molar-refractivity contribution in [3.05, 3.63) is 64.7 Å². The number of carbonyl (C=O) groups excluding carboxylic acids is 3. The van der Waals surface area contributed by atoms with Gasteiger partial charge in [-0.15, -0.1) is 0 Å². The highest BCUT2D eigenvalue weighted by molar-refractivity contribution is 7.97. The molecule has 2 aromatic rings. The molecule has 2 aromatic carbocycles. The molecule has 1 N–H and O–H groups in total. The van der Waals surface area contributed by atoms with Gasteiger partial charge in [-0.05, 0) is 54.1 Å². The fraction of sp³-hybridized carbons (Fsp3) is 0.286. The summed E-state index contributed by atoms with van der Waals surface area (Å²) in [5.74, 6) is 0.731. The van der Waals surface area contributed by atoms with Crippen LogP contribution in [-0.2, 0) is 17.0 Å². The van der Waals surface area contributed by atoms with E-state index in [-0.39, 0.29) is 18.1 Å². The van der Waals surface area contributed by atoms with E-state index >= 15 is 0 Å². The molecule has 0 fully saturated rings. The number of hydrogen-bond donors (Lipinski definition) is 1. The number of thioether (sulfide) groups is 1. The lowest BCUT2D eigenvalue weighted by molar-refractivity contribution is -0.107. The Balaban J connectivity index is 1.52. The van der Waals surface area contributed by atoms with Crippen LogP contribution in [0.2, 0.25) is 0 Å². The third-order valence-electron chi connectivity index (χ3n) is 4.62.